The molecule has 3 heteroatoms. The molecule has 0 aromatic rings. The molecule has 1 saturated heterocycles. The number of carbonyl (C=O) groups is 1. The lowest BCUT2D eigenvalue weighted by Gasteiger charge is -2.24. The van der Waals surface area contributed by atoms with Crippen LogP contribution in [0, 0.1) is 11.3 Å². The van der Waals surface area contributed by atoms with Crippen molar-refractivity contribution in [2.24, 2.45) is 11.3 Å². The van der Waals surface area contributed by atoms with Crippen LogP contribution in [-0.4, -0.2) is 30.1 Å². The molecule has 0 radical (unpaired) electrons. The first kappa shape index (κ1) is 17.7. The number of allylic oxidation sites excluding steroid dienone is 2. The Hall–Kier alpha value is -0.670. The molecule has 126 valence electrons. The number of ketones is 1. The van der Waals surface area contributed by atoms with Crippen molar-refractivity contribution < 1.29 is 9.53 Å². The van der Waals surface area contributed by atoms with E-state index in [9.17, 15) is 4.79 Å². The van der Waals surface area contributed by atoms with Gasteiger partial charge < -0.3 is 10.1 Å². The average molecular weight is 307 g/mol. The molecule has 0 unspecified atom stereocenters. The topological polar surface area (TPSA) is 41.6 Å². The van der Waals surface area contributed by atoms with E-state index in [0.29, 0.717) is 6.10 Å². The number of carbonyl (C=O) groups excluding carboxylic acids is 1. The largest absolute Gasteiger partial charge is 0.366 e. The second kappa shape index (κ2) is 6.84. The maximum Gasteiger partial charge on any atom is 0.159 e. The summed E-state index contributed by atoms with van der Waals surface area (Å²) < 4.78 is 6.00. The first-order valence-electron chi connectivity index (χ1n) is 8.92. The molecule has 22 heavy (non-hydrogen) atoms. The number of epoxide rings is 1. The number of nitrogens with one attached hydrogen (secondary N) is 1. The Balaban J connectivity index is 2.11. The van der Waals surface area contributed by atoms with Gasteiger partial charge >= 0.3 is 0 Å². The van der Waals surface area contributed by atoms with E-state index in [4.69, 9.17) is 4.74 Å². The van der Waals surface area contributed by atoms with Crippen LogP contribution in [0.5, 0.6) is 0 Å². The summed E-state index contributed by atoms with van der Waals surface area (Å²) in [6.07, 6.45) is 9.62. The predicted octanol–water partition coefficient (Wildman–Crippen LogP) is 3.87. The first-order valence-corrected chi connectivity index (χ1v) is 8.92. The maximum absolute atomic E-state index is 12.5. The minimum atomic E-state index is 0.0168. The van der Waals surface area contributed by atoms with Gasteiger partial charge in [-0.25, -0.2) is 0 Å². The van der Waals surface area contributed by atoms with Gasteiger partial charge in [-0.15, -0.1) is 0 Å². The lowest BCUT2D eigenvalue weighted by molar-refractivity contribution is -0.118. The third-order valence-corrected chi connectivity index (χ3v) is 5.39. The van der Waals surface area contributed by atoms with Gasteiger partial charge in [-0.3, -0.25) is 4.79 Å². The molecule has 0 amide bonds. The summed E-state index contributed by atoms with van der Waals surface area (Å²) in [5.74, 6) is 0.284. The first-order chi connectivity index (χ1) is 10.3. The predicted molar refractivity (Wildman–Crippen MR) is 90.9 cm³/mol. The molecule has 1 aliphatic heterocycles. The van der Waals surface area contributed by atoms with Gasteiger partial charge in [0.05, 0.1) is 11.7 Å². The maximum atomic E-state index is 12.5. The minimum Gasteiger partial charge on any atom is -0.366 e. The quantitative estimate of drug-likeness (QED) is 0.633. The van der Waals surface area contributed by atoms with E-state index in [0.717, 1.165) is 32.2 Å². The molecule has 0 saturated carbocycles. The zero-order valence-corrected chi connectivity index (χ0v) is 14.9. The van der Waals surface area contributed by atoms with Crippen molar-refractivity contribution in [2.45, 2.75) is 84.5 Å². The van der Waals surface area contributed by atoms with Crippen LogP contribution in [0.15, 0.2) is 12.2 Å². The zero-order valence-electron chi connectivity index (χ0n) is 14.9. The zero-order chi connectivity index (χ0) is 16.4. The number of ether oxygens (including phenoxy) is 1. The van der Waals surface area contributed by atoms with Gasteiger partial charge in [0, 0.05) is 12.0 Å². The lowest BCUT2D eigenvalue weighted by Crippen LogP contribution is -2.39. The molecule has 1 aliphatic carbocycles. The second-order valence-electron chi connectivity index (χ2n) is 8.09. The Labute approximate surface area is 135 Å². The Morgan fingerprint density at radius 2 is 2.09 bits per heavy atom. The molecule has 1 N–H and O–H groups in total. The van der Waals surface area contributed by atoms with E-state index in [-0.39, 0.29) is 28.8 Å². The van der Waals surface area contributed by atoms with E-state index < -0.39 is 0 Å². The van der Waals surface area contributed by atoms with Crippen molar-refractivity contribution in [1.29, 1.82) is 0 Å². The van der Waals surface area contributed by atoms with Crippen molar-refractivity contribution in [3.8, 4) is 0 Å². The lowest BCUT2D eigenvalue weighted by atomic mass is 9.84. The van der Waals surface area contributed by atoms with E-state index >= 15 is 0 Å². The summed E-state index contributed by atoms with van der Waals surface area (Å²) >= 11 is 0. The Kier molecular flexibility index (Phi) is 5.50. The molecule has 0 aromatic carbocycles. The van der Waals surface area contributed by atoms with Crippen LogP contribution in [0.4, 0.5) is 0 Å². The Morgan fingerprint density at radius 3 is 2.77 bits per heavy atom. The van der Waals surface area contributed by atoms with Gasteiger partial charge in [0.25, 0.3) is 0 Å². The van der Waals surface area contributed by atoms with Crippen LogP contribution in [0.25, 0.3) is 0 Å². The molecule has 1 heterocycles. The van der Waals surface area contributed by atoms with E-state index in [1.54, 1.807) is 0 Å². The average Bonchev–Trinajstić information content (AvgIpc) is 3.08. The van der Waals surface area contributed by atoms with Gasteiger partial charge in [-0.1, -0.05) is 40.2 Å². The molecule has 0 spiro atoms. The number of hydrogen-bond donors (Lipinski definition) is 1. The van der Waals surface area contributed by atoms with Crippen LogP contribution in [0.3, 0.4) is 0 Å². The van der Waals surface area contributed by atoms with Crippen molar-refractivity contribution in [3.05, 3.63) is 12.2 Å². The Morgan fingerprint density at radius 1 is 1.36 bits per heavy atom. The van der Waals surface area contributed by atoms with Crippen LogP contribution in [0.2, 0.25) is 0 Å². The highest BCUT2D eigenvalue weighted by atomic mass is 16.6. The van der Waals surface area contributed by atoms with Gasteiger partial charge in [0.1, 0.15) is 0 Å². The summed E-state index contributed by atoms with van der Waals surface area (Å²) in [7, 11) is 0. The number of hydrogen-bond acceptors (Lipinski definition) is 3. The molecular weight excluding hydrogens is 274 g/mol. The van der Waals surface area contributed by atoms with Crippen LogP contribution in [0.1, 0.15) is 66.7 Å². The molecule has 0 aromatic heterocycles. The van der Waals surface area contributed by atoms with E-state index in [2.05, 4.69) is 46.0 Å². The fraction of sp³-hybridized carbons (Fsp3) is 0.842. The number of unbranched alkanes of at least 4 members (excludes halogenated alkanes) is 1. The minimum absolute atomic E-state index is 0.0168. The van der Waals surface area contributed by atoms with Gasteiger partial charge in [0.15, 0.2) is 5.78 Å². The standard InChI is InChI=1S/C19H33NO2/c1-6-7-12-20-15-8-11-19(5)17(22-19)13-18(3,4)10-9-16(21)14(15)2/h9-10,14-15,17,20H,6-8,11-13H2,1-5H3/b10-9+/t14-,15-,17+,19-/m1/s1. The highest BCUT2D eigenvalue weighted by Crippen LogP contribution is 2.47. The van der Waals surface area contributed by atoms with Crippen molar-refractivity contribution >= 4 is 5.78 Å². The van der Waals surface area contributed by atoms with E-state index in [1.165, 1.54) is 6.42 Å². The summed E-state index contributed by atoms with van der Waals surface area (Å²) in [5.41, 5.74) is 0.0379. The highest BCUT2D eigenvalue weighted by molar-refractivity contribution is 5.92. The van der Waals surface area contributed by atoms with Crippen molar-refractivity contribution in [2.75, 3.05) is 6.54 Å². The van der Waals surface area contributed by atoms with Gasteiger partial charge in [-0.05, 0) is 50.6 Å². The molecule has 2 rings (SSSR count). The van der Waals surface area contributed by atoms with Crippen molar-refractivity contribution in [3.63, 3.8) is 0 Å². The number of rotatable bonds is 4. The fourth-order valence-electron chi connectivity index (χ4n) is 3.41. The summed E-state index contributed by atoms with van der Waals surface area (Å²) in [6, 6.07) is 0.256. The molecule has 2 aliphatic rings. The highest BCUT2D eigenvalue weighted by Gasteiger charge is 2.53. The van der Waals surface area contributed by atoms with Crippen LogP contribution >= 0.6 is 0 Å². The van der Waals surface area contributed by atoms with Crippen LogP contribution < -0.4 is 5.32 Å². The van der Waals surface area contributed by atoms with E-state index in [1.807, 2.05) is 6.08 Å². The van der Waals surface area contributed by atoms with Gasteiger partial charge in [-0.2, -0.15) is 0 Å². The normalized spacial score (nSPS) is 39.7. The fourth-order valence-corrected chi connectivity index (χ4v) is 3.41. The second-order valence-corrected chi connectivity index (χ2v) is 8.09. The molecular formula is C19H33NO2. The van der Waals surface area contributed by atoms with Crippen LogP contribution in [-0.2, 0) is 9.53 Å². The third-order valence-electron chi connectivity index (χ3n) is 5.39. The van der Waals surface area contributed by atoms with Gasteiger partial charge in [0.2, 0.25) is 0 Å². The SMILES string of the molecule is CCCCN[C@@H]1CC[C@@]2(C)O[C@H]2CC(C)(C)/C=C/C(=O)[C@@H]1C. The Bertz CT molecular complexity index is 429. The van der Waals surface area contributed by atoms with Crippen molar-refractivity contribution in [1.82, 2.24) is 5.32 Å². The third kappa shape index (κ3) is 4.42. The monoisotopic (exact) mass is 307 g/mol. The summed E-state index contributed by atoms with van der Waals surface area (Å²) in [4.78, 5) is 12.5. The molecule has 0 bridgehead atoms. The smallest absolute Gasteiger partial charge is 0.159 e. The summed E-state index contributed by atoms with van der Waals surface area (Å²) in [6.45, 7) is 11.9. The molecule has 1 fully saturated rings. The number of fused-ring (bicyclic) bond motifs is 1. The molecule has 4 atom stereocenters. The molecule has 3 nitrogen and oxygen atoms in total. The summed E-state index contributed by atoms with van der Waals surface area (Å²) in [5, 5.41) is 3.61.